The Morgan fingerprint density at radius 3 is 2.40 bits per heavy atom. The van der Waals surface area contributed by atoms with Crippen molar-refractivity contribution in [2.75, 3.05) is 17.7 Å². The average Bonchev–Trinajstić information content (AvgIpc) is 2.61. The minimum absolute atomic E-state index is 0.0772. The Labute approximate surface area is 148 Å². The van der Waals surface area contributed by atoms with Gasteiger partial charge in [0.1, 0.15) is 12.5 Å². The summed E-state index contributed by atoms with van der Waals surface area (Å²) >= 11 is 5.13. The summed E-state index contributed by atoms with van der Waals surface area (Å²) in [4.78, 5) is 11.5. The van der Waals surface area contributed by atoms with Gasteiger partial charge in [-0.3, -0.25) is 4.79 Å². The molecule has 0 bridgehead atoms. The predicted molar refractivity (Wildman–Crippen MR) is 95.6 cm³/mol. The zero-order valence-corrected chi connectivity index (χ0v) is 14.0. The number of nitrogens with zero attached hydrogens (tertiary/aromatic N) is 1. The number of nitriles is 1. The lowest BCUT2D eigenvalue weighted by Gasteiger charge is -2.12. The molecule has 0 saturated heterocycles. The molecule has 0 radical (unpaired) electrons. The monoisotopic (exact) mass is 360 g/mol. The van der Waals surface area contributed by atoms with E-state index in [4.69, 9.17) is 17.5 Å². The molecule has 5 nitrogen and oxygen atoms in total. The van der Waals surface area contributed by atoms with Crippen LogP contribution in [0, 0.1) is 17.1 Å². The minimum atomic E-state index is -0.773. The SMILES string of the molecule is CNC(=O)c1ccc(NC(=S)Nc2ccc(C#N)c(CF)c2)cc1F. The highest BCUT2D eigenvalue weighted by Crippen LogP contribution is 2.18. The van der Waals surface area contributed by atoms with E-state index < -0.39 is 18.4 Å². The number of benzene rings is 2. The first-order chi connectivity index (χ1) is 12.0. The highest BCUT2D eigenvalue weighted by molar-refractivity contribution is 7.80. The van der Waals surface area contributed by atoms with Gasteiger partial charge in [-0.1, -0.05) is 0 Å². The molecular weight excluding hydrogens is 346 g/mol. The molecular formula is C17H14F2N4OS. The number of amides is 1. The number of thiocarbonyl (C=S) groups is 1. The van der Waals surface area contributed by atoms with E-state index >= 15 is 0 Å². The lowest BCUT2D eigenvalue weighted by atomic mass is 10.1. The van der Waals surface area contributed by atoms with Gasteiger partial charge in [-0.2, -0.15) is 5.26 Å². The molecule has 8 heteroatoms. The van der Waals surface area contributed by atoms with Crippen molar-refractivity contribution in [3.63, 3.8) is 0 Å². The zero-order valence-electron chi connectivity index (χ0n) is 13.2. The van der Waals surface area contributed by atoms with Gasteiger partial charge in [-0.05, 0) is 48.6 Å². The number of carbonyl (C=O) groups is 1. The van der Waals surface area contributed by atoms with Crippen LogP contribution in [0.3, 0.4) is 0 Å². The molecule has 0 saturated carbocycles. The van der Waals surface area contributed by atoms with Crippen molar-refractivity contribution in [1.82, 2.24) is 5.32 Å². The molecule has 1 amide bonds. The molecule has 2 aromatic rings. The normalized spacial score (nSPS) is 9.84. The minimum Gasteiger partial charge on any atom is -0.355 e. The van der Waals surface area contributed by atoms with Crippen molar-refractivity contribution in [3.8, 4) is 6.07 Å². The fourth-order valence-electron chi connectivity index (χ4n) is 2.10. The van der Waals surface area contributed by atoms with Crippen LogP contribution < -0.4 is 16.0 Å². The lowest BCUT2D eigenvalue weighted by molar-refractivity contribution is 0.0959. The highest BCUT2D eigenvalue weighted by Gasteiger charge is 2.11. The molecule has 128 valence electrons. The van der Waals surface area contributed by atoms with E-state index in [1.54, 1.807) is 6.07 Å². The third-order valence-corrected chi connectivity index (χ3v) is 3.53. The fourth-order valence-corrected chi connectivity index (χ4v) is 2.33. The topological polar surface area (TPSA) is 77.0 Å². The van der Waals surface area contributed by atoms with Gasteiger partial charge in [0.05, 0.1) is 17.2 Å². The van der Waals surface area contributed by atoms with E-state index in [1.807, 2.05) is 6.07 Å². The smallest absolute Gasteiger partial charge is 0.253 e. The van der Waals surface area contributed by atoms with E-state index in [-0.39, 0.29) is 21.8 Å². The van der Waals surface area contributed by atoms with Crippen LogP contribution in [0.2, 0.25) is 0 Å². The standard InChI is InChI=1S/C17H14F2N4OS/c1-21-16(24)14-5-4-13(7-15(14)19)23-17(25)22-12-3-2-10(9-20)11(6-12)8-18/h2-7H,8H2,1H3,(H,21,24)(H2,22,23,25). The molecule has 2 rings (SSSR count). The molecule has 0 heterocycles. The number of nitrogens with one attached hydrogen (secondary N) is 3. The number of hydrogen-bond acceptors (Lipinski definition) is 3. The van der Waals surface area contributed by atoms with Gasteiger partial charge in [0.25, 0.3) is 5.91 Å². The maximum atomic E-state index is 13.9. The van der Waals surface area contributed by atoms with Crippen molar-refractivity contribution < 1.29 is 13.6 Å². The summed E-state index contributed by atoms with van der Waals surface area (Å²) < 4.78 is 26.8. The number of hydrogen-bond donors (Lipinski definition) is 3. The molecule has 0 unspecified atom stereocenters. The molecule has 0 aliphatic heterocycles. The van der Waals surface area contributed by atoms with Crippen LogP contribution in [0.1, 0.15) is 21.5 Å². The van der Waals surface area contributed by atoms with Crippen LogP contribution in [-0.4, -0.2) is 18.1 Å². The summed E-state index contributed by atoms with van der Waals surface area (Å²) in [6.45, 7) is -0.773. The Morgan fingerprint density at radius 2 is 1.84 bits per heavy atom. The van der Waals surface area contributed by atoms with E-state index in [9.17, 15) is 13.6 Å². The van der Waals surface area contributed by atoms with Crippen LogP contribution in [0.25, 0.3) is 0 Å². The molecule has 2 aromatic carbocycles. The van der Waals surface area contributed by atoms with Gasteiger partial charge in [0.15, 0.2) is 5.11 Å². The lowest BCUT2D eigenvalue weighted by Crippen LogP contribution is -2.21. The second-order valence-corrected chi connectivity index (χ2v) is 5.38. The van der Waals surface area contributed by atoms with Crippen molar-refractivity contribution in [2.45, 2.75) is 6.67 Å². The van der Waals surface area contributed by atoms with Gasteiger partial charge < -0.3 is 16.0 Å². The van der Waals surface area contributed by atoms with Crippen molar-refractivity contribution >= 4 is 34.6 Å². The van der Waals surface area contributed by atoms with E-state index in [0.29, 0.717) is 11.4 Å². The Hall–Kier alpha value is -3.05. The van der Waals surface area contributed by atoms with Crippen LogP contribution >= 0.6 is 12.2 Å². The molecule has 0 aliphatic carbocycles. The number of anilines is 2. The fraction of sp³-hybridized carbons (Fsp3) is 0.118. The number of rotatable bonds is 4. The third-order valence-electron chi connectivity index (χ3n) is 3.33. The largest absolute Gasteiger partial charge is 0.355 e. The van der Waals surface area contributed by atoms with Crippen molar-refractivity contribution in [3.05, 3.63) is 58.9 Å². The highest BCUT2D eigenvalue weighted by atomic mass is 32.1. The van der Waals surface area contributed by atoms with Crippen molar-refractivity contribution in [1.29, 1.82) is 5.26 Å². The van der Waals surface area contributed by atoms with Gasteiger partial charge in [0, 0.05) is 24.0 Å². The van der Waals surface area contributed by atoms with E-state index in [0.717, 1.165) is 6.07 Å². The van der Waals surface area contributed by atoms with Gasteiger partial charge in [-0.25, -0.2) is 8.78 Å². The molecule has 25 heavy (non-hydrogen) atoms. The Kier molecular flexibility index (Phi) is 5.98. The predicted octanol–water partition coefficient (Wildman–Crippen LogP) is 3.34. The van der Waals surface area contributed by atoms with E-state index in [2.05, 4.69) is 16.0 Å². The maximum absolute atomic E-state index is 13.9. The number of halogens is 2. The maximum Gasteiger partial charge on any atom is 0.253 e. The number of carbonyl (C=O) groups excluding carboxylic acids is 1. The summed E-state index contributed by atoms with van der Waals surface area (Å²) in [5.41, 5.74) is 1.26. The van der Waals surface area contributed by atoms with Crippen molar-refractivity contribution in [2.24, 2.45) is 0 Å². The molecule has 0 aliphatic rings. The van der Waals surface area contributed by atoms with Crippen LogP contribution in [0.15, 0.2) is 36.4 Å². The van der Waals surface area contributed by atoms with E-state index in [1.165, 1.54) is 31.3 Å². The van der Waals surface area contributed by atoms with Crippen LogP contribution in [0.5, 0.6) is 0 Å². The van der Waals surface area contributed by atoms with Crippen LogP contribution in [0.4, 0.5) is 20.2 Å². The summed E-state index contributed by atoms with van der Waals surface area (Å²) in [5.74, 6) is -1.22. The van der Waals surface area contributed by atoms with Crippen LogP contribution in [-0.2, 0) is 6.67 Å². The Morgan fingerprint density at radius 1 is 1.20 bits per heavy atom. The molecule has 0 spiro atoms. The Bertz CT molecular complexity index is 864. The summed E-state index contributed by atoms with van der Waals surface area (Å²) in [6, 6.07) is 10.4. The number of alkyl halides is 1. The van der Waals surface area contributed by atoms with Gasteiger partial charge >= 0.3 is 0 Å². The first-order valence-electron chi connectivity index (χ1n) is 7.17. The molecule has 3 N–H and O–H groups in total. The molecule has 0 atom stereocenters. The second-order valence-electron chi connectivity index (χ2n) is 4.97. The first-order valence-corrected chi connectivity index (χ1v) is 7.58. The van der Waals surface area contributed by atoms with Gasteiger partial charge in [-0.15, -0.1) is 0 Å². The molecule has 0 fully saturated rings. The molecule has 0 aromatic heterocycles. The quantitative estimate of drug-likeness (QED) is 0.729. The third kappa shape index (κ3) is 4.49. The zero-order chi connectivity index (χ0) is 18.4. The summed E-state index contributed by atoms with van der Waals surface area (Å²) in [7, 11) is 1.41. The second kappa shape index (κ2) is 8.17. The van der Waals surface area contributed by atoms with Gasteiger partial charge in [0.2, 0.25) is 0 Å². The Balaban J connectivity index is 2.09. The summed E-state index contributed by atoms with van der Waals surface area (Å²) in [5, 5.41) is 17.0. The average molecular weight is 360 g/mol. The summed E-state index contributed by atoms with van der Waals surface area (Å²) in [6.07, 6.45) is 0. The first kappa shape index (κ1) is 18.3.